The van der Waals surface area contributed by atoms with Crippen molar-refractivity contribution < 1.29 is 29.0 Å². The zero-order valence-electron chi connectivity index (χ0n) is 15.2. The first kappa shape index (κ1) is 20.1. The van der Waals surface area contributed by atoms with Crippen LogP contribution in [0.25, 0.3) is 10.8 Å². The van der Waals surface area contributed by atoms with Crippen molar-refractivity contribution in [1.82, 2.24) is 10.2 Å². The highest BCUT2D eigenvalue weighted by atomic mass is 16.5. The van der Waals surface area contributed by atoms with Crippen molar-refractivity contribution in [1.29, 1.82) is 0 Å². The molecule has 1 heterocycles. The maximum Gasteiger partial charge on any atom is 0.338 e. The van der Waals surface area contributed by atoms with Crippen molar-refractivity contribution in [3.8, 4) is 0 Å². The molecule has 1 aromatic carbocycles. The average molecular weight is 376 g/mol. The number of nitrogens with one attached hydrogen (secondary N) is 1. The fraction of sp³-hybridized carbons (Fsp3) is 0.389. The lowest BCUT2D eigenvalue weighted by Gasteiger charge is -2.13. The van der Waals surface area contributed by atoms with Gasteiger partial charge >= 0.3 is 17.9 Å². The third-order valence-electron chi connectivity index (χ3n) is 4.00. The molecule has 0 aliphatic carbocycles. The summed E-state index contributed by atoms with van der Waals surface area (Å²) < 4.78 is 10.1. The molecule has 0 atom stereocenters. The van der Waals surface area contributed by atoms with E-state index in [1.165, 1.54) is 0 Å². The number of carbonyl (C=O) groups excluding carboxylic acids is 2. The summed E-state index contributed by atoms with van der Waals surface area (Å²) in [6.45, 7) is 5.02. The van der Waals surface area contributed by atoms with Crippen LogP contribution in [-0.2, 0) is 25.7 Å². The largest absolute Gasteiger partial charge is 0.481 e. The number of esters is 2. The number of carbonyl (C=O) groups is 3. The van der Waals surface area contributed by atoms with Crippen LogP contribution in [-0.4, -0.2) is 39.8 Å². The molecule has 0 unspecified atom stereocenters. The van der Waals surface area contributed by atoms with E-state index in [0.29, 0.717) is 27.8 Å². The molecule has 0 bridgehead atoms. The van der Waals surface area contributed by atoms with Crippen LogP contribution in [0.3, 0.4) is 0 Å². The molecule has 0 radical (unpaired) electrons. The lowest BCUT2D eigenvalue weighted by molar-refractivity contribution is -0.148. The zero-order valence-corrected chi connectivity index (χ0v) is 15.2. The second-order valence-corrected chi connectivity index (χ2v) is 5.89. The molecule has 0 saturated heterocycles. The molecule has 27 heavy (non-hydrogen) atoms. The first-order chi connectivity index (χ1) is 12.8. The highest BCUT2D eigenvalue weighted by Gasteiger charge is 2.20. The highest BCUT2D eigenvalue weighted by Crippen LogP contribution is 2.25. The van der Waals surface area contributed by atoms with E-state index in [1.807, 2.05) is 0 Å². The maximum absolute atomic E-state index is 12.3. The third kappa shape index (κ3) is 4.49. The Morgan fingerprint density at radius 2 is 1.89 bits per heavy atom. The standard InChI is InChI=1S/C18H20N2O7/c1-4-26-18(25)15-9(2)7-11-12(8-27-14(23)6-5-13(21)22)19-20-17(24)16(11)10(15)3/h7H,4-6,8H2,1-3H3,(H,20,24)(H,21,22). The highest BCUT2D eigenvalue weighted by molar-refractivity contribution is 6.00. The van der Waals surface area contributed by atoms with Crippen molar-refractivity contribution in [2.24, 2.45) is 0 Å². The van der Waals surface area contributed by atoms with Crippen LogP contribution in [0.15, 0.2) is 10.9 Å². The second kappa shape index (κ2) is 8.43. The van der Waals surface area contributed by atoms with E-state index < -0.39 is 23.5 Å². The molecule has 9 nitrogen and oxygen atoms in total. The third-order valence-corrected chi connectivity index (χ3v) is 4.00. The van der Waals surface area contributed by atoms with Gasteiger partial charge in [0.2, 0.25) is 0 Å². The van der Waals surface area contributed by atoms with E-state index in [1.54, 1.807) is 26.8 Å². The number of fused-ring (bicyclic) bond motifs is 1. The Labute approximate surface area is 154 Å². The Hall–Kier alpha value is -3.23. The number of aromatic amines is 1. The second-order valence-electron chi connectivity index (χ2n) is 5.89. The molecule has 0 saturated carbocycles. The summed E-state index contributed by atoms with van der Waals surface area (Å²) in [6, 6.07) is 1.62. The van der Waals surface area contributed by atoms with Gasteiger partial charge in [0.05, 0.1) is 30.4 Å². The Morgan fingerprint density at radius 1 is 1.19 bits per heavy atom. The van der Waals surface area contributed by atoms with Crippen LogP contribution >= 0.6 is 0 Å². The van der Waals surface area contributed by atoms with Crippen LogP contribution in [0.2, 0.25) is 0 Å². The number of aromatic nitrogens is 2. The minimum absolute atomic E-state index is 0.208. The van der Waals surface area contributed by atoms with E-state index in [2.05, 4.69) is 10.2 Å². The van der Waals surface area contributed by atoms with Gasteiger partial charge in [-0.3, -0.25) is 14.4 Å². The topological polar surface area (TPSA) is 136 Å². The van der Waals surface area contributed by atoms with Gasteiger partial charge in [-0.2, -0.15) is 5.10 Å². The van der Waals surface area contributed by atoms with Crippen LogP contribution in [0.1, 0.15) is 46.9 Å². The molecule has 1 aromatic heterocycles. The van der Waals surface area contributed by atoms with Gasteiger partial charge in [-0.15, -0.1) is 0 Å². The summed E-state index contributed by atoms with van der Waals surface area (Å²) in [6.07, 6.45) is -0.596. The Balaban J connectivity index is 2.41. The SMILES string of the molecule is CCOC(=O)c1c(C)cc2c(COC(=O)CCC(=O)O)n[nH]c(=O)c2c1C. The molecule has 2 rings (SSSR count). The lowest BCUT2D eigenvalue weighted by atomic mass is 9.96. The number of carboxylic acids is 1. The van der Waals surface area contributed by atoms with Gasteiger partial charge in [0, 0.05) is 5.39 Å². The molecule has 0 amide bonds. The number of hydrogen-bond donors (Lipinski definition) is 2. The van der Waals surface area contributed by atoms with Gasteiger partial charge in [-0.05, 0) is 38.0 Å². The monoisotopic (exact) mass is 376 g/mol. The zero-order chi connectivity index (χ0) is 20.1. The van der Waals surface area contributed by atoms with Gasteiger partial charge in [0.15, 0.2) is 0 Å². The van der Waals surface area contributed by atoms with Crippen molar-refractivity contribution in [3.05, 3.63) is 38.8 Å². The Bertz CT molecular complexity index is 962. The number of hydrogen-bond acceptors (Lipinski definition) is 7. The number of nitrogens with zero attached hydrogens (tertiary/aromatic N) is 1. The Kier molecular flexibility index (Phi) is 6.27. The number of ether oxygens (including phenoxy) is 2. The fourth-order valence-electron chi connectivity index (χ4n) is 2.80. The van der Waals surface area contributed by atoms with Crippen LogP contribution in [0.4, 0.5) is 0 Å². The number of H-pyrrole nitrogens is 1. The molecule has 144 valence electrons. The Morgan fingerprint density at radius 3 is 2.52 bits per heavy atom. The maximum atomic E-state index is 12.3. The molecule has 0 aliphatic rings. The van der Waals surface area contributed by atoms with Gasteiger partial charge in [-0.1, -0.05) is 0 Å². The summed E-state index contributed by atoms with van der Waals surface area (Å²) in [5.41, 5.74) is 1.18. The number of aliphatic carboxylic acids is 1. The van der Waals surface area contributed by atoms with Gasteiger partial charge in [-0.25, -0.2) is 9.89 Å². The van der Waals surface area contributed by atoms with E-state index in [0.717, 1.165) is 0 Å². The molecule has 0 aliphatic heterocycles. The molecule has 0 fully saturated rings. The van der Waals surface area contributed by atoms with E-state index >= 15 is 0 Å². The first-order valence-corrected chi connectivity index (χ1v) is 8.32. The smallest absolute Gasteiger partial charge is 0.338 e. The average Bonchev–Trinajstić information content (AvgIpc) is 2.59. The minimum Gasteiger partial charge on any atom is -0.481 e. The van der Waals surface area contributed by atoms with E-state index in [-0.39, 0.29) is 31.4 Å². The molecule has 2 aromatic rings. The van der Waals surface area contributed by atoms with E-state index in [4.69, 9.17) is 14.6 Å². The molecular formula is C18H20N2O7. The molecule has 2 N–H and O–H groups in total. The van der Waals surface area contributed by atoms with Gasteiger partial charge < -0.3 is 14.6 Å². The summed E-state index contributed by atoms with van der Waals surface area (Å²) in [4.78, 5) is 46.6. The van der Waals surface area contributed by atoms with Crippen LogP contribution < -0.4 is 5.56 Å². The summed E-state index contributed by atoms with van der Waals surface area (Å²) in [7, 11) is 0. The number of benzene rings is 1. The van der Waals surface area contributed by atoms with Crippen molar-refractivity contribution >= 4 is 28.7 Å². The summed E-state index contributed by atoms with van der Waals surface area (Å²) in [5, 5.41) is 15.6. The molecular weight excluding hydrogens is 356 g/mol. The molecule has 9 heteroatoms. The molecule has 0 spiro atoms. The number of rotatable bonds is 7. The predicted octanol–water partition coefficient (Wildman–Crippen LogP) is 1.62. The first-order valence-electron chi connectivity index (χ1n) is 8.32. The van der Waals surface area contributed by atoms with Crippen molar-refractivity contribution in [3.63, 3.8) is 0 Å². The number of aryl methyl sites for hydroxylation is 2. The van der Waals surface area contributed by atoms with Crippen molar-refractivity contribution in [2.75, 3.05) is 6.61 Å². The lowest BCUT2D eigenvalue weighted by Crippen LogP contribution is -2.17. The normalized spacial score (nSPS) is 10.6. The summed E-state index contributed by atoms with van der Waals surface area (Å²) in [5.74, 6) is -2.31. The fourth-order valence-corrected chi connectivity index (χ4v) is 2.80. The quantitative estimate of drug-likeness (QED) is 0.696. The van der Waals surface area contributed by atoms with Crippen LogP contribution in [0, 0.1) is 13.8 Å². The van der Waals surface area contributed by atoms with E-state index in [9.17, 15) is 19.2 Å². The summed E-state index contributed by atoms with van der Waals surface area (Å²) >= 11 is 0. The van der Waals surface area contributed by atoms with Gasteiger partial charge in [0.25, 0.3) is 5.56 Å². The van der Waals surface area contributed by atoms with Crippen LogP contribution in [0.5, 0.6) is 0 Å². The van der Waals surface area contributed by atoms with Gasteiger partial charge in [0.1, 0.15) is 12.3 Å². The van der Waals surface area contributed by atoms with Crippen molar-refractivity contribution in [2.45, 2.75) is 40.2 Å². The number of carboxylic acid groups (broad SMARTS) is 1. The minimum atomic E-state index is -1.10. The predicted molar refractivity (Wildman–Crippen MR) is 94.5 cm³/mol.